The molecule has 0 radical (unpaired) electrons. The van der Waals surface area contributed by atoms with Crippen LogP contribution < -0.4 is 20.5 Å². The highest BCUT2D eigenvalue weighted by Crippen LogP contribution is 2.36. The van der Waals surface area contributed by atoms with Crippen LogP contribution in [0.1, 0.15) is 6.92 Å². The van der Waals surface area contributed by atoms with Crippen LogP contribution in [-0.4, -0.2) is 32.0 Å². The van der Waals surface area contributed by atoms with Gasteiger partial charge >= 0.3 is 0 Å². The summed E-state index contributed by atoms with van der Waals surface area (Å²) in [6.07, 6.45) is 0. The van der Waals surface area contributed by atoms with Crippen LogP contribution in [0.2, 0.25) is 0 Å². The molecule has 0 aliphatic heterocycles. The van der Waals surface area contributed by atoms with Gasteiger partial charge in [-0.1, -0.05) is 18.2 Å². The van der Waals surface area contributed by atoms with E-state index < -0.39 is 17.7 Å². The van der Waals surface area contributed by atoms with Crippen molar-refractivity contribution in [3.63, 3.8) is 0 Å². The minimum Gasteiger partial charge on any atom is -0.495 e. The SMILES string of the molecule is COc1cc(N=NC(C(C)=O)C(=O)Nc2ccccc2)c(OC)cc1N. The molecule has 2 aromatic rings. The lowest BCUT2D eigenvalue weighted by atomic mass is 10.2. The Morgan fingerprint density at radius 1 is 1.08 bits per heavy atom. The highest BCUT2D eigenvalue weighted by atomic mass is 16.5. The van der Waals surface area contributed by atoms with Crippen LogP contribution in [0.25, 0.3) is 0 Å². The Morgan fingerprint density at radius 2 is 1.73 bits per heavy atom. The fourth-order valence-corrected chi connectivity index (χ4v) is 2.15. The molecule has 0 spiro atoms. The van der Waals surface area contributed by atoms with Crippen LogP contribution in [0.3, 0.4) is 0 Å². The van der Waals surface area contributed by atoms with Gasteiger partial charge in [-0.25, -0.2) is 0 Å². The topological polar surface area (TPSA) is 115 Å². The Hall–Kier alpha value is -3.42. The van der Waals surface area contributed by atoms with Gasteiger partial charge in [-0.15, -0.1) is 0 Å². The van der Waals surface area contributed by atoms with Crippen molar-refractivity contribution >= 4 is 28.8 Å². The molecular weight excluding hydrogens is 336 g/mol. The van der Waals surface area contributed by atoms with Gasteiger partial charge in [-0.2, -0.15) is 10.2 Å². The summed E-state index contributed by atoms with van der Waals surface area (Å²) in [6, 6.07) is 10.5. The van der Waals surface area contributed by atoms with E-state index in [0.717, 1.165) is 0 Å². The number of azo groups is 1. The molecule has 1 atom stereocenters. The molecular formula is C18H20N4O4. The molecule has 0 aliphatic carbocycles. The zero-order chi connectivity index (χ0) is 19.1. The minimum absolute atomic E-state index is 0.289. The zero-order valence-electron chi connectivity index (χ0n) is 14.7. The number of nitrogens with two attached hydrogens (primary N) is 1. The molecule has 0 heterocycles. The standard InChI is InChI=1S/C18H20N4O4/c1-11(23)17(18(24)20-12-7-5-4-6-8-12)22-21-14-10-15(25-2)13(19)9-16(14)26-3/h4-10,17H,19H2,1-3H3,(H,20,24). The molecule has 0 aliphatic rings. The fraction of sp³-hybridized carbons (Fsp3) is 0.222. The van der Waals surface area contributed by atoms with Crippen LogP contribution in [0.5, 0.6) is 11.5 Å². The number of carbonyl (C=O) groups excluding carboxylic acids is 2. The van der Waals surface area contributed by atoms with Crippen LogP contribution in [0.4, 0.5) is 17.1 Å². The fourth-order valence-electron chi connectivity index (χ4n) is 2.15. The number of ketones is 1. The van der Waals surface area contributed by atoms with Crippen molar-refractivity contribution in [2.75, 3.05) is 25.3 Å². The summed E-state index contributed by atoms with van der Waals surface area (Å²) >= 11 is 0. The van der Waals surface area contributed by atoms with Crippen molar-refractivity contribution in [2.45, 2.75) is 13.0 Å². The maximum absolute atomic E-state index is 12.3. The number of amides is 1. The molecule has 3 N–H and O–H groups in total. The zero-order valence-corrected chi connectivity index (χ0v) is 14.7. The number of nitrogens with zero attached hydrogens (tertiary/aromatic N) is 2. The number of nitrogens with one attached hydrogen (secondary N) is 1. The van der Waals surface area contributed by atoms with Crippen LogP contribution in [0, 0.1) is 0 Å². The molecule has 2 aromatic carbocycles. The number of benzene rings is 2. The minimum atomic E-state index is -1.29. The monoisotopic (exact) mass is 356 g/mol. The van der Waals surface area contributed by atoms with E-state index in [1.54, 1.807) is 24.3 Å². The van der Waals surface area contributed by atoms with Gasteiger partial charge in [0.15, 0.2) is 5.78 Å². The molecule has 0 aromatic heterocycles. The molecule has 26 heavy (non-hydrogen) atoms. The second kappa shape index (κ2) is 8.61. The first kappa shape index (κ1) is 18.9. The maximum Gasteiger partial charge on any atom is 0.258 e. The van der Waals surface area contributed by atoms with Gasteiger partial charge in [0.2, 0.25) is 6.04 Å². The van der Waals surface area contributed by atoms with Gasteiger partial charge < -0.3 is 20.5 Å². The second-order valence-electron chi connectivity index (χ2n) is 5.35. The number of ether oxygens (including phenoxy) is 2. The molecule has 0 saturated heterocycles. The maximum atomic E-state index is 12.3. The Labute approximate surface area is 151 Å². The van der Waals surface area contributed by atoms with E-state index in [2.05, 4.69) is 15.5 Å². The summed E-state index contributed by atoms with van der Waals surface area (Å²) in [5.41, 5.74) is 7.04. The molecule has 0 saturated carbocycles. The molecule has 1 amide bonds. The lowest BCUT2D eigenvalue weighted by molar-refractivity contribution is -0.126. The smallest absolute Gasteiger partial charge is 0.258 e. The van der Waals surface area contributed by atoms with Crippen molar-refractivity contribution in [1.29, 1.82) is 0 Å². The predicted octanol–water partition coefficient (Wildman–Crippen LogP) is 2.97. The highest BCUT2D eigenvalue weighted by Gasteiger charge is 2.23. The summed E-state index contributed by atoms with van der Waals surface area (Å²) in [4.78, 5) is 24.2. The van der Waals surface area contributed by atoms with E-state index >= 15 is 0 Å². The van der Waals surface area contributed by atoms with E-state index in [9.17, 15) is 9.59 Å². The molecule has 8 nitrogen and oxygen atoms in total. The van der Waals surface area contributed by atoms with Crippen molar-refractivity contribution < 1.29 is 19.1 Å². The van der Waals surface area contributed by atoms with Crippen molar-refractivity contribution in [2.24, 2.45) is 10.2 Å². The van der Waals surface area contributed by atoms with Gasteiger partial charge in [0.1, 0.15) is 17.2 Å². The summed E-state index contributed by atoms with van der Waals surface area (Å²) < 4.78 is 10.3. The van der Waals surface area contributed by atoms with E-state index in [0.29, 0.717) is 22.9 Å². The van der Waals surface area contributed by atoms with Gasteiger partial charge in [0, 0.05) is 17.8 Å². The predicted molar refractivity (Wildman–Crippen MR) is 98.0 cm³/mol. The molecule has 2 rings (SSSR count). The summed E-state index contributed by atoms with van der Waals surface area (Å²) in [5, 5.41) is 10.5. The second-order valence-corrected chi connectivity index (χ2v) is 5.35. The number of Topliss-reactive ketones (excluding diaryl/α,β-unsaturated/α-hetero) is 1. The summed E-state index contributed by atoms with van der Waals surface area (Å²) in [7, 11) is 2.91. The van der Waals surface area contributed by atoms with E-state index in [1.807, 2.05) is 6.07 Å². The number of anilines is 2. The highest BCUT2D eigenvalue weighted by molar-refractivity contribution is 6.10. The number of rotatable bonds is 7. The molecule has 0 bridgehead atoms. The number of para-hydroxylation sites is 1. The van der Waals surface area contributed by atoms with Crippen molar-refractivity contribution in [3.8, 4) is 11.5 Å². The average molecular weight is 356 g/mol. The average Bonchev–Trinajstić information content (AvgIpc) is 2.63. The lowest BCUT2D eigenvalue weighted by Crippen LogP contribution is -2.31. The van der Waals surface area contributed by atoms with Gasteiger partial charge in [0.05, 0.1) is 19.9 Å². The lowest BCUT2D eigenvalue weighted by Gasteiger charge is -2.11. The first-order chi connectivity index (χ1) is 12.5. The normalized spacial score (nSPS) is 11.8. The van der Waals surface area contributed by atoms with Gasteiger partial charge in [-0.3, -0.25) is 9.59 Å². The molecule has 136 valence electrons. The quantitative estimate of drug-likeness (QED) is 0.449. The number of hydrogen-bond acceptors (Lipinski definition) is 7. The van der Waals surface area contributed by atoms with Crippen LogP contribution in [0.15, 0.2) is 52.7 Å². The first-order valence-electron chi connectivity index (χ1n) is 7.75. The molecule has 1 unspecified atom stereocenters. The van der Waals surface area contributed by atoms with E-state index in [-0.39, 0.29) is 5.69 Å². The number of carbonyl (C=O) groups is 2. The summed E-state index contributed by atoms with van der Waals surface area (Å²) in [5.74, 6) is -0.289. The number of methoxy groups -OCH3 is 2. The Morgan fingerprint density at radius 3 is 2.31 bits per heavy atom. The van der Waals surface area contributed by atoms with Crippen molar-refractivity contribution in [3.05, 3.63) is 42.5 Å². The van der Waals surface area contributed by atoms with Crippen LogP contribution >= 0.6 is 0 Å². The Bertz CT molecular complexity index is 821. The Kier molecular flexibility index (Phi) is 6.26. The van der Waals surface area contributed by atoms with E-state index in [1.165, 1.54) is 33.3 Å². The largest absolute Gasteiger partial charge is 0.495 e. The Balaban J connectivity index is 2.27. The van der Waals surface area contributed by atoms with Crippen LogP contribution in [-0.2, 0) is 9.59 Å². The number of hydrogen-bond donors (Lipinski definition) is 2. The molecule has 0 fully saturated rings. The van der Waals surface area contributed by atoms with Gasteiger partial charge in [0.25, 0.3) is 5.91 Å². The molecule has 8 heteroatoms. The van der Waals surface area contributed by atoms with E-state index in [4.69, 9.17) is 15.2 Å². The third kappa shape index (κ3) is 4.56. The summed E-state index contributed by atoms with van der Waals surface area (Å²) in [6.45, 7) is 1.27. The van der Waals surface area contributed by atoms with Crippen molar-refractivity contribution in [1.82, 2.24) is 0 Å². The number of nitrogen functional groups attached to an aromatic ring is 1. The first-order valence-corrected chi connectivity index (χ1v) is 7.75. The third-order valence-electron chi connectivity index (χ3n) is 3.49. The van der Waals surface area contributed by atoms with Gasteiger partial charge in [-0.05, 0) is 19.1 Å². The third-order valence-corrected chi connectivity index (χ3v) is 3.49.